The van der Waals surface area contributed by atoms with Crippen LogP contribution in [0.2, 0.25) is 0 Å². The Morgan fingerprint density at radius 1 is 0.778 bits per heavy atom. The van der Waals surface area contributed by atoms with Crippen LogP contribution in [0.5, 0.6) is 0 Å². The molecule has 0 rings (SSSR count). The van der Waals surface area contributed by atoms with E-state index in [1.165, 1.54) is 0 Å². The summed E-state index contributed by atoms with van der Waals surface area (Å²) in [7, 11) is -3.81. The fourth-order valence-corrected chi connectivity index (χ4v) is 0.933. The lowest BCUT2D eigenvalue weighted by atomic mass is 10.9. The molecule has 0 aliphatic carbocycles. The Kier molecular flexibility index (Phi) is 47.0. The lowest BCUT2D eigenvalue weighted by Gasteiger charge is -2.02. The first-order chi connectivity index (χ1) is 5.62. The largest absolute Gasteiger partial charge is 0.329 e. The summed E-state index contributed by atoms with van der Waals surface area (Å²) in [5.74, 6) is 0. The smallest absolute Gasteiger partial charge is 0.197 e. The van der Waals surface area contributed by atoms with Crippen molar-refractivity contribution in [3.63, 3.8) is 0 Å². The highest BCUT2D eigenvalue weighted by Crippen LogP contribution is 2.36. The topological polar surface area (TPSA) is 43.4 Å². The lowest BCUT2D eigenvalue weighted by Crippen LogP contribution is -1.82. The minimum absolute atomic E-state index is 0. The number of hydrogen-bond acceptors (Lipinski definition) is 3. The molecule has 3 nitrogen and oxygen atoms in total. The third-order valence-corrected chi connectivity index (χ3v) is 3.60. The van der Waals surface area contributed by atoms with Gasteiger partial charge in [-0.25, -0.2) is 0 Å². The Labute approximate surface area is 119 Å². The van der Waals surface area contributed by atoms with Gasteiger partial charge >= 0.3 is 0 Å². The van der Waals surface area contributed by atoms with Crippen molar-refractivity contribution >= 4 is 14.5 Å². The van der Waals surface area contributed by atoms with Crippen molar-refractivity contribution in [2.45, 2.75) is 51.0 Å². The quantitative estimate of drug-likeness (QED) is 0.569. The van der Waals surface area contributed by atoms with Crippen LogP contribution in [0.1, 0.15) is 51.0 Å². The Bertz CT molecular complexity index is 204. The molecule has 0 bridgehead atoms. The summed E-state index contributed by atoms with van der Waals surface area (Å²) in [5.41, 5.74) is 0. The molecule has 0 aromatic carbocycles. The molecule has 0 radical (unpaired) electrons. The van der Waals surface area contributed by atoms with Crippen LogP contribution in [-0.2, 0) is 13.7 Å². The van der Waals surface area contributed by atoms with Gasteiger partial charge in [-0.1, -0.05) is 44.1 Å². The van der Waals surface area contributed by atoms with E-state index in [0.717, 1.165) is 6.16 Å². The molecule has 18 heavy (non-hydrogen) atoms. The highest BCUT2D eigenvalue weighted by atomic mass is 31.2. The zero-order chi connectivity index (χ0) is 11.1. The van der Waals surface area contributed by atoms with Gasteiger partial charge in [-0.3, -0.25) is 4.57 Å². The Balaban J connectivity index is -0.0000000212. The maximum absolute atomic E-state index is 10.6. The number of rotatable bonds is 3. The SMILES string of the molecule is C.C.C.C.C.CCOP(C)(C)=O.CCP(C)(C)=O. The molecule has 0 aliphatic rings. The van der Waals surface area contributed by atoms with E-state index >= 15 is 0 Å². The fourth-order valence-electron chi connectivity index (χ4n) is 0.311. The molecule has 0 N–H and O–H groups in total. The second kappa shape index (κ2) is 19.8. The van der Waals surface area contributed by atoms with Gasteiger partial charge in [-0.2, -0.15) is 0 Å². The predicted molar refractivity (Wildman–Crippen MR) is 94.7 cm³/mol. The van der Waals surface area contributed by atoms with Crippen molar-refractivity contribution in [2.24, 2.45) is 0 Å². The molecule has 0 spiro atoms. The van der Waals surface area contributed by atoms with E-state index in [9.17, 15) is 9.13 Å². The van der Waals surface area contributed by atoms with Crippen molar-refractivity contribution in [3.05, 3.63) is 0 Å². The molecular formula is C13H42O3P2. The molecule has 0 unspecified atom stereocenters. The lowest BCUT2D eigenvalue weighted by molar-refractivity contribution is 0.341. The molecule has 0 atom stereocenters. The van der Waals surface area contributed by atoms with E-state index in [4.69, 9.17) is 4.52 Å². The third kappa shape index (κ3) is 70.9. The van der Waals surface area contributed by atoms with E-state index in [2.05, 4.69) is 0 Å². The monoisotopic (exact) mass is 308 g/mol. The van der Waals surface area contributed by atoms with Crippen molar-refractivity contribution in [1.29, 1.82) is 0 Å². The van der Waals surface area contributed by atoms with Gasteiger partial charge < -0.3 is 9.09 Å². The second-order valence-corrected chi connectivity index (χ2v) is 10.1. The molecule has 0 aromatic heterocycles. The third-order valence-electron chi connectivity index (χ3n) is 1.20. The molecule has 0 heterocycles. The molecule has 0 fully saturated rings. The summed E-state index contributed by atoms with van der Waals surface area (Å²) < 4.78 is 26.0. The summed E-state index contributed by atoms with van der Waals surface area (Å²) in [5, 5.41) is 0. The van der Waals surface area contributed by atoms with Gasteiger partial charge in [0.25, 0.3) is 0 Å². The van der Waals surface area contributed by atoms with Crippen LogP contribution < -0.4 is 0 Å². The highest BCUT2D eigenvalue weighted by Gasteiger charge is 2.02. The molecule has 0 saturated carbocycles. The molecule has 122 valence electrons. The summed E-state index contributed by atoms with van der Waals surface area (Å²) in [6.45, 7) is 11.1. The van der Waals surface area contributed by atoms with Crippen molar-refractivity contribution < 1.29 is 13.7 Å². The normalized spacial score (nSPS) is 8.56. The van der Waals surface area contributed by atoms with Crippen molar-refractivity contribution in [3.8, 4) is 0 Å². The van der Waals surface area contributed by atoms with Gasteiger partial charge in [0, 0.05) is 13.3 Å². The van der Waals surface area contributed by atoms with E-state index in [1.807, 2.05) is 13.8 Å². The Morgan fingerprint density at radius 3 is 1.00 bits per heavy atom. The minimum Gasteiger partial charge on any atom is -0.329 e. The average Bonchev–Trinajstić information content (AvgIpc) is 1.84. The van der Waals surface area contributed by atoms with E-state index in [0.29, 0.717) is 6.61 Å². The summed E-state index contributed by atoms with van der Waals surface area (Å²) in [4.78, 5) is 0. The van der Waals surface area contributed by atoms with E-state index in [-0.39, 0.29) is 37.1 Å². The van der Waals surface area contributed by atoms with Crippen LogP contribution in [0.15, 0.2) is 0 Å². The average molecular weight is 308 g/mol. The van der Waals surface area contributed by atoms with Crippen LogP contribution in [0.3, 0.4) is 0 Å². The molecule has 5 heteroatoms. The first kappa shape index (κ1) is 42.9. The maximum atomic E-state index is 10.6. The van der Waals surface area contributed by atoms with Gasteiger partial charge in [-0.05, 0) is 26.4 Å². The Morgan fingerprint density at radius 2 is 1.00 bits per heavy atom. The van der Waals surface area contributed by atoms with E-state index in [1.54, 1.807) is 26.7 Å². The van der Waals surface area contributed by atoms with Gasteiger partial charge in [0.2, 0.25) is 0 Å². The van der Waals surface area contributed by atoms with Crippen molar-refractivity contribution in [1.82, 2.24) is 0 Å². The van der Waals surface area contributed by atoms with E-state index < -0.39 is 14.5 Å². The second-order valence-electron chi connectivity index (χ2n) is 3.56. The minimum atomic E-state index is -2.17. The number of hydrogen-bond donors (Lipinski definition) is 0. The summed E-state index contributed by atoms with van der Waals surface area (Å²) in [6.07, 6.45) is 0.826. The summed E-state index contributed by atoms with van der Waals surface area (Å²) in [6, 6.07) is 0. The molecule has 0 saturated heterocycles. The molecule has 0 aliphatic heterocycles. The molecule has 0 aromatic rings. The Hall–Kier alpha value is 0.420. The van der Waals surface area contributed by atoms with Gasteiger partial charge in [0.05, 0.1) is 13.7 Å². The van der Waals surface area contributed by atoms with Crippen molar-refractivity contribution in [2.75, 3.05) is 39.4 Å². The predicted octanol–water partition coefficient (Wildman–Crippen LogP) is 6.37. The maximum Gasteiger partial charge on any atom is 0.197 e. The molecule has 0 amide bonds. The first-order valence-electron chi connectivity index (χ1n) is 4.36. The van der Waals surface area contributed by atoms with Gasteiger partial charge in [0.1, 0.15) is 0 Å². The van der Waals surface area contributed by atoms with Crippen LogP contribution in [0, 0.1) is 0 Å². The first-order valence-corrected chi connectivity index (χ1v) is 9.66. The van der Waals surface area contributed by atoms with Crippen LogP contribution in [0.4, 0.5) is 0 Å². The van der Waals surface area contributed by atoms with Crippen LogP contribution >= 0.6 is 14.5 Å². The highest BCUT2D eigenvalue weighted by molar-refractivity contribution is 7.62. The van der Waals surface area contributed by atoms with Crippen LogP contribution in [0.25, 0.3) is 0 Å². The zero-order valence-electron chi connectivity index (χ0n) is 9.53. The fraction of sp³-hybridized carbons (Fsp3) is 1.00. The molecular weight excluding hydrogens is 266 g/mol. The van der Waals surface area contributed by atoms with Gasteiger partial charge in [0.15, 0.2) is 7.37 Å². The van der Waals surface area contributed by atoms with Crippen LogP contribution in [-0.4, -0.2) is 39.4 Å². The van der Waals surface area contributed by atoms with Gasteiger partial charge in [-0.15, -0.1) is 0 Å². The standard InChI is InChI=1S/C4H11O2P.C4H11OP.5CH4/c1-4-6-7(2,3)5;1-4-6(2,3)5;;;;;/h4H2,1-3H3;4H2,1-3H3;5*1H4. The zero-order valence-corrected chi connectivity index (χ0v) is 11.3. The summed E-state index contributed by atoms with van der Waals surface area (Å²) >= 11 is 0.